The number of hydrogen-bond acceptors (Lipinski definition) is 4. The third-order valence-corrected chi connectivity index (χ3v) is 5.00. The first-order valence-corrected chi connectivity index (χ1v) is 7.71. The topological polar surface area (TPSA) is 38.8 Å². The number of fused-ring (bicyclic) bond motifs is 1. The summed E-state index contributed by atoms with van der Waals surface area (Å²) in [4.78, 5) is 17.3. The SMILES string of the molecule is C=CCC1CCC2C(CC(=O)OC)CCCC2N1OC. The van der Waals surface area contributed by atoms with Gasteiger partial charge in [0.15, 0.2) is 0 Å². The molecule has 20 heavy (non-hydrogen) atoms. The minimum atomic E-state index is -0.0761. The molecular weight excluding hydrogens is 254 g/mol. The molecule has 0 N–H and O–H groups in total. The molecule has 0 bridgehead atoms. The number of piperidine rings is 1. The Hall–Kier alpha value is -0.870. The van der Waals surface area contributed by atoms with Crippen LogP contribution in [0.15, 0.2) is 12.7 Å². The number of hydroxylamine groups is 2. The van der Waals surface area contributed by atoms with Crippen molar-refractivity contribution >= 4 is 5.97 Å². The van der Waals surface area contributed by atoms with Gasteiger partial charge in [0, 0.05) is 18.5 Å². The average Bonchev–Trinajstić information content (AvgIpc) is 2.47. The highest BCUT2D eigenvalue weighted by Gasteiger charge is 2.43. The largest absolute Gasteiger partial charge is 0.469 e. The van der Waals surface area contributed by atoms with E-state index in [0.29, 0.717) is 30.3 Å². The molecule has 1 aliphatic carbocycles. The minimum absolute atomic E-state index is 0.0761. The van der Waals surface area contributed by atoms with Crippen molar-refractivity contribution in [3.05, 3.63) is 12.7 Å². The van der Waals surface area contributed by atoms with Gasteiger partial charge < -0.3 is 9.57 Å². The number of ether oxygens (including phenoxy) is 1. The molecule has 1 heterocycles. The molecule has 2 aliphatic rings. The number of hydrogen-bond donors (Lipinski definition) is 0. The molecule has 0 amide bonds. The molecule has 2 rings (SSSR count). The van der Waals surface area contributed by atoms with Crippen LogP contribution in [0.1, 0.15) is 44.9 Å². The molecule has 4 unspecified atom stereocenters. The number of carbonyl (C=O) groups excluding carboxylic acids is 1. The van der Waals surface area contributed by atoms with Crippen LogP contribution in [0, 0.1) is 11.8 Å². The van der Waals surface area contributed by atoms with E-state index in [4.69, 9.17) is 9.57 Å². The average molecular weight is 281 g/mol. The fraction of sp³-hybridized carbons (Fsp3) is 0.812. The van der Waals surface area contributed by atoms with E-state index >= 15 is 0 Å². The maximum Gasteiger partial charge on any atom is 0.305 e. The van der Waals surface area contributed by atoms with E-state index in [1.165, 1.54) is 26.4 Å². The first-order valence-electron chi connectivity index (χ1n) is 7.71. The molecule has 2 fully saturated rings. The smallest absolute Gasteiger partial charge is 0.305 e. The van der Waals surface area contributed by atoms with Gasteiger partial charge in [-0.15, -0.1) is 6.58 Å². The second-order valence-corrected chi connectivity index (χ2v) is 6.00. The molecule has 0 radical (unpaired) electrons. The predicted octanol–water partition coefficient (Wildman–Crippen LogP) is 2.94. The first kappa shape index (κ1) is 15.5. The van der Waals surface area contributed by atoms with E-state index < -0.39 is 0 Å². The predicted molar refractivity (Wildman–Crippen MR) is 77.9 cm³/mol. The van der Waals surface area contributed by atoms with Crippen molar-refractivity contribution in [2.45, 2.75) is 57.0 Å². The van der Waals surface area contributed by atoms with Crippen LogP contribution in [-0.4, -0.2) is 37.3 Å². The van der Waals surface area contributed by atoms with Crippen molar-refractivity contribution in [2.24, 2.45) is 11.8 Å². The second-order valence-electron chi connectivity index (χ2n) is 6.00. The summed E-state index contributed by atoms with van der Waals surface area (Å²) >= 11 is 0. The van der Waals surface area contributed by atoms with Crippen LogP contribution in [0.5, 0.6) is 0 Å². The Morgan fingerprint density at radius 2 is 2.10 bits per heavy atom. The summed E-state index contributed by atoms with van der Waals surface area (Å²) in [6.45, 7) is 3.85. The van der Waals surface area contributed by atoms with Gasteiger partial charge in [-0.3, -0.25) is 4.79 Å². The van der Waals surface area contributed by atoms with E-state index in [1.807, 2.05) is 6.08 Å². The monoisotopic (exact) mass is 281 g/mol. The van der Waals surface area contributed by atoms with Crippen molar-refractivity contribution in [3.63, 3.8) is 0 Å². The Bertz CT molecular complexity index is 345. The summed E-state index contributed by atoms with van der Waals surface area (Å²) in [6.07, 6.45) is 9.29. The number of carbonyl (C=O) groups is 1. The minimum Gasteiger partial charge on any atom is -0.469 e. The van der Waals surface area contributed by atoms with Crippen molar-refractivity contribution in [1.29, 1.82) is 0 Å². The Labute approximate surface area is 122 Å². The summed E-state index contributed by atoms with van der Waals surface area (Å²) in [5.41, 5.74) is 0. The van der Waals surface area contributed by atoms with Crippen molar-refractivity contribution < 1.29 is 14.4 Å². The van der Waals surface area contributed by atoms with Gasteiger partial charge in [0.25, 0.3) is 0 Å². The first-order chi connectivity index (χ1) is 9.71. The standard InChI is InChI=1S/C16H27NO3/c1-4-6-13-9-10-14-12(11-16(18)19-2)7-5-8-15(14)17(13)20-3/h4,12-15H,1,5-11H2,2-3H3. The molecular formula is C16H27NO3. The molecule has 0 aromatic heterocycles. The van der Waals surface area contributed by atoms with Crippen molar-refractivity contribution in [3.8, 4) is 0 Å². The number of rotatable bonds is 5. The van der Waals surface area contributed by atoms with E-state index in [2.05, 4.69) is 11.6 Å². The van der Waals surface area contributed by atoms with Crippen LogP contribution < -0.4 is 0 Å². The van der Waals surface area contributed by atoms with Crippen LogP contribution >= 0.6 is 0 Å². The Morgan fingerprint density at radius 3 is 2.75 bits per heavy atom. The fourth-order valence-electron chi connectivity index (χ4n) is 4.11. The summed E-state index contributed by atoms with van der Waals surface area (Å²) in [5.74, 6) is 0.931. The highest BCUT2D eigenvalue weighted by Crippen LogP contribution is 2.43. The zero-order valence-corrected chi connectivity index (χ0v) is 12.7. The highest BCUT2D eigenvalue weighted by atomic mass is 16.7. The van der Waals surface area contributed by atoms with E-state index in [1.54, 1.807) is 7.11 Å². The van der Waals surface area contributed by atoms with Gasteiger partial charge in [-0.25, -0.2) is 0 Å². The van der Waals surface area contributed by atoms with Crippen molar-refractivity contribution in [1.82, 2.24) is 5.06 Å². The lowest BCUT2D eigenvalue weighted by molar-refractivity contribution is -0.230. The summed E-state index contributed by atoms with van der Waals surface area (Å²) < 4.78 is 4.85. The van der Waals surface area contributed by atoms with Gasteiger partial charge >= 0.3 is 5.97 Å². The lowest BCUT2D eigenvalue weighted by atomic mass is 9.69. The number of methoxy groups -OCH3 is 1. The number of nitrogens with zero attached hydrogens (tertiary/aromatic N) is 1. The maximum absolute atomic E-state index is 11.6. The van der Waals surface area contributed by atoms with Crippen LogP contribution in [0.25, 0.3) is 0 Å². The zero-order valence-electron chi connectivity index (χ0n) is 12.7. The van der Waals surface area contributed by atoms with Gasteiger partial charge in [0.05, 0.1) is 14.2 Å². The molecule has 4 atom stereocenters. The van der Waals surface area contributed by atoms with Crippen LogP contribution in [0.4, 0.5) is 0 Å². The Balaban J connectivity index is 2.06. The summed E-state index contributed by atoms with van der Waals surface area (Å²) in [7, 11) is 3.24. The molecule has 0 aromatic rings. The van der Waals surface area contributed by atoms with E-state index in [0.717, 1.165) is 19.3 Å². The lowest BCUT2D eigenvalue weighted by Gasteiger charge is -2.49. The number of esters is 1. The zero-order chi connectivity index (χ0) is 14.5. The molecule has 0 spiro atoms. The molecule has 1 saturated heterocycles. The van der Waals surface area contributed by atoms with Gasteiger partial charge in [0.1, 0.15) is 0 Å². The van der Waals surface area contributed by atoms with Crippen LogP contribution in [0.2, 0.25) is 0 Å². The van der Waals surface area contributed by atoms with Crippen molar-refractivity contribution in [2.75, 3.05) is 14.2 Å². The van der Waals surface area contributed by atoms with Gasteiger partial charge in [-0.05, 0) is 43.9 Å². The molecule has 1 saturated carbocycles. The van der Waals surface area contributed by atoms with Gasteiger partial charge in [-0.1, -0.05) is 12.5 Å². The molecule has 4 heteroatoms. The molecule has 114 valence electrons. The van der Waals surface area contributed by atoms with Gasteiger partial charge in [0.2, 0.25) is 0 Å². The van der Waals surface area contributed by atoms with Crippen LogP contribution in [-0.2, 0) is 14.4 Å². The maximum atomic E-state index is 11.6. The van der Waals surface area contributed by atoms with E-state index in [9.17, 15) is 4.79 Å². The highest BCUT2D eigenvalue weighted by molar-refractivity contribution is 5.69. The molecule has 0 aromatic carbocycles. The third kappa shape index (κ3) is 3.23. The normalized spacial score (nSPS) is 34.3. The summed E-state index contributed by atoms with van der Waals surface area (Å²) in [6, 6.07) is 0.887. The lowest BCUT2D eigenvalue weighted by Crippen LogP contribution is -2.53. The molecule has 1 aliphatic heterocycles. The Morgan fingerprint density at radius 1 is 1.30 bits per heavy atom. The third-order valence-electron chi connectivity index (χ3n) is 5.00. The van der Waals surface area contributed by atoms with Gasteiger partial charge in [-0.2, -0.15) is 5.06 Å². The Kier molecular flexibility index (Phi) is 5.61. The summed E-state index contributed by atoms with van der Waals surface area (Å²) in [5, 5.41) is 2.18. The fourth-order valence-corrected chi connectivity index (χ4v) is 4.11. The van der Waals surface area contributed by atoms with Crippen LogP contribution in [0.3, 0.4) is 0 Å². The second kappa shape index (κ2) is 7.23. The molecule has 4 nitrogen and oxygen atoms in total. The van der Waals surface area contributed by atoms with E-state index in [-0.39, 0.29) is 5.97 Å². The quantitative estimate of drug-likeness (QED) is 0.574.